The zero-order valence-corrected chi connectivity index (χ0v) is 8.48. The van der Waals surface area contributed by atoms with Crippen LogP contribution in [-0.4, -0.2) is 23.0 Å². The average Bonchev–Trinajstić information content (AvgIpc) is 2.10. The van der Waals surface area contributed by atoms with Crippen LogP contribution < -0.4 is 0 Å². The predicted octanol–water partition coefficient (Wildman–Crippen LogP) is 1.88. The van der Waals surface area contributed by atoms with Gasteiger partial charge in [-0.15, -0.1) is 0 Å². The topological polar surface area (TPSA) is 52.1 Å². The van der Waals surface area contributed by atoms with Crippen LogP contribution in [-0.2, 0) is 4.74 Å². The number of hydrogen-bond donors (Lipinski definition) is 0. The third kappa shape index (κ3) is 2.08. The Morgan fingerprint density at radius 3 is 2.46 bits per heavy atom. The van der Waals surface area contributed by atoms with Gasteiger partial charge in [0.1, 0.15) is 0 Å². The van der Waals surface area contributed by atoms with Gasteiger partial charge in [0.05, 0.1) is 12.8 Å². The highest BCUT2D eigenvalue weighted by atomic mass is 35.5. The van der Waals surface area contributed by atoms with Gasteiger partial charge in [0.2, 0.25) is 0 Å². The van der Waals surface area contributed by atoms with Crippen LogP contribution in [0.4, 0.5) is 0 Å². The van der Waals surface area contributed by atoms with Crippen molar-refractivity contribution >= 4 is 29.2 Å². The summed E-state index contributed by atoms with van der Waals surface area (Å²) in [5, 5.41) is 0.138. The summed E-state index contributed by atoms with van der Waals surface area (Å²) in [5.41, 5.74) is 0.402. The molecular weight excluding hydrogens is 215 g/mol. The molecule has 0 amide bonds. The van der Waals surface area contributed by atoms with E-state index in [9.17, 15) is 4.79 Å². The fraction of sp³-hybridized carbons (Fsp3) is 0.286. The van der Waals surface area contributed by atoms with Crippen molar-refractivity contribution in [3.05, 3.63) is 21.7 Å². The Labute approximate surface area is 84.8 Å². The highest BCUT2D eigenvalue weighted by molar-refractivity contribution is 6.33. The Balaban J connectivity index is 3.23. The van der Waals surface area contributed by atoms with Crippen molar-refractivity contribution in [3.8, 4) is 0 Å². The molecule has 0 N–H and O–H groups in total. The summed E-state index contributed by atoms with van der Waals surface area (Å²) in [7, 11) is 1.23. The molecule has 1 aromatic rings. The van der Waals surface area contributed by atoms with Gasteiger partial charge in [-0.25, -0.2) is 14.8 Å². The summed E-state index contributed by atoms with van der Waals surface area (Å²) < 4.78 is 4.43. The summed E-state index contributed by atoms with van der Waals surface area (Å²) in [6.07, 6.45) is 0. The van der Waals surface area contributed by atoms with Crippen LogP contribution >= 0.6 is 23.2 Å². The van der Waals surface area contributed by atoms with E-state index in [4.69, 9.17) is 23.2 Å². The third-order valence-electron chi connectivity index (χ3n) is 1.35. The Morgan fingerprint density at radius 2 is 1.92 bits per heavy atom. The maximum Gasteiger partial charge on any atom is 0.359 e. The van der Waals surface area contributed by atoms with Crippen LogP contribution in [0.2, 0.25) is 10.3 Å². The summed E-state index contributed by atoms with van der Waals surface area (Å²) in [5.74, 6) is -0.653. The Kier molecular flexibility index (Phi) is 3.06. The number of esters is 1. The highest BCUT2D eigenvalue weighted by Crippen LogP contribution is 2.17. The number of halogens is 2. The van der Waals surface area contributed by atoms with Crippen LogP contribution in [0.25, 0.3) is 0 Å². The van der Waals surface area contributed by atoms with Crippen molar-refractivity contribution in [2.45, 2.75) is 6.92 Å². The molecular formula is C7H6Cl2N2O2. The van der Waals surface area contributed by atoms with Crippen molar-refractivity contribution < 1.29 is 9.53 Å². The Bertz CT molecular complexity index is 355. The molecule has 0 radical (unpaired) electrons. The second-order valence-corrected chi connectivity index (χ2v) is 2.95. The SMILES string of the molecule is COC(=O)c1nc(Cl)c(C)nc1Cl. The number of hydrogen-bond acceptors (Lipinski definition) is 4. The van der Waals surface area contributed by atoms with Gasteiger partial charge in [-0.2, -0.15) is 0 Å². The molecule has 0 spiro atoms. The lowest BCUT2D eigenvalue weighted by Crippen LogP contribution is -2.07. The van der Waals surface area contributed by atoms with E-state index in [1.54, 1.807) is 6.92 Å². The summed E-state index contributed by atoms with van der Waals surface area (Å²) in [4.78, 5) is 18.6. The van der Waals surface area contributed by atoms with Gasteiger partial charge in [-0.05, 0) is 6.92 Å². The van der Waals surface area contributed by atoms with Crippen LogP contribution in [0, 0.1) is 6.92 Å². The molecule has 1 aromatic heterocycles. The van der Waals surface area contributed by atoms with Gasteiger partial charge < -0.3 is 4.74 Å². The van der Waals surface area contributed by atoms with E-state index >= 15 is 0 Å². The lowest BCUT2D eigenvalue weighted by Gasteiger charge is -2.02. The Hall–Kier alpha value is -0.870. The van der Waals surface area contributed by atoms with Crippen molar-refractivity contribution in [2.75, 3.05) is 7.11 Å². The van der Waals surface area contributed by atoms with E-state index in [0.29, 0.717) is 5.69 Å². The summed E-state index contributed by atoms with van der Waals surface area (Å²) in [6.45, 7) is 1.64. The van der Waals surface area contributed by atoms with E-state index in [-0.39, 0.29) is 16.0 Å². The van der Waals surface area contributed by atoms with E-state index in [0.717, 1.165) is 0 Å². The summed E-state index contributed by atoms with van der Waals surface area (Å²) >= 11 is 11.3. The van der Waals surface area contributed by atoms with Gasteiger partial charge in [0.25, 0.3) is 0 Å². The molecule has 4 nitrogen and oxygen atoms in total. The highest BCUT2D eigenvalue weighted by Gasteiger charge is 2.15. The first-order chi connectivity index (χ1) is 6.06. The number of rotatable bonds is 1. The first-order valence-electron chi connectivity index (χ1n) is 3.34. The molecule has 70 valence electrons. The molecule has 0 aromatic carbocycles. The normalized spacial score (nSPS) is 9.85. The van der Waals surface area contributed by atoms with Gasteiger partial charge in [0, 0.05) is 0 Å². The second-order valence-electron chi connectivity index (χ2n) is 2.23. The third-order valence-corrected chi connectivity index (χ3v) is 1.97. The number of ether oxygens (including phenoxy) is 1. The van der Waals surface area contributed by atoms with E-state index in [1.165, 1.54) is 7.11 Å². The zero-order chi connectivity index (χ0) is 10.0. The van der Waals surface area contributed by atoms with Gasteiger partial charge in [-0.3, -0.25) is 0 Å². The number of aromatic nitrogens is 2. The predicted molar refractivity (Wildman–Crippen MR) is 48.1 cm³/mol. The van der Waals surface area contributed by atoms with Crippen molar-refractivity contribution in [1.82, 2.24) is 9.97 Å². The van der Waals surface area contributed by atoms with E-state index in [1.807, 2.05) is 0 Å². The van der Waals surface area contributed by atoms with Crippen LogP contribution in [0.1, 0.15) is 16.2 Å². The number of aryl methyl sites for hydroxylation is 1. The maximum absolute atomic E-state index is 11.0. The first kappa shape index (κ1) is 10.2. The lowest BCUT2D eigenvalue weighted by atomic mass is 10.4. The standard InChI is InChI=1S/C7H6Cl2N2O2/c1-3-5(8)11-4(6(9)10-3)7(12)13-2/h1-2H3. The smallest absolute Gasteiger partial charge is 0.359 e. The number of nitrogens with zero attached hydrogens (tertiary/aromatic N) is 2. The minimum atomic E-state index is -0.653. The molecule has 0 unspecified atom stereocenters. The molecule has 1 rings (SSSR count). The minimum absolute atomic E-state index is 0.00579. The van der Waals surface area contributed by atoms with Crippen LogP contribution in [0.3, 0.4) is 0 Å². The molecule has 0 aliphatic heterocycles. The molecule has 0 saturated carbocycles. The second kappa shape index (κ2) is 3.89. The van der Waals surface area contributed by atoms with Crippen LogP contribution in [0.15, 0.2) is 0 Å². The molecule has 0 bridgehead atoms. The molecule has 1 heterocycles. The van der Waals surface area contributed by atoms with Gasteiger partial charge in [0.15, 0.2) is 16.0 Å². The minimum Gasteiger partial charge on any atom is -0.464 e. The molecule has 0 saturated heterocycles. The lowest BCUT2D eigenvalue weighted by molar-refractivity contribution is 0.0593. The zero-order valence-electron chi connectivity index (χ0n) is 6.97. The first-order valence-corrected chi connectivity index (χ1v) is 4.09. The molecule has 6 heteroatoms. The number of methoxy groups -OCH3 is 1. The van der Waals surface area contributed by atoms with Gasteiger partial charge in [-0.1, -0.05) is 23.2 Å². The molecule has 13 heavy (non-hydrogen) atoms. The monoisotopic (exact) mass is 220 g/mol. The maximum atomic E-state index is 11.0. The fourth-order valence-corrected chi connectivity index (χ4v) is 1.07. The quantitative estimate of drug-likeness (QED) is 0.679. The molecule has 0 atom stereocenters. The van der Waals surface area contributed by atoms with Crippen molar-refractivity contribution in [1.29, 1.82) is 0 Å². The molecule has 0 aliphatic carbocycles. The van der Waals surface area contributed by atoms with E-state index in [2.05, 4.69) is 14.7 Å². The number of carbonyl (C=O) groups is 1. The molecule has 0 aliphatic rings. The fourth-order valence-electron chi connectivity index (χ4n) is 0.698. The summed E-state index contributed by atoms with van der Waals surface area (Å²) in [6, 6.07) is 0. The average molecular weight is 221 g/mol. The van der Waals surface area contributed by atoms with Gasteiger partial charge >= 0.3 is 5.97 Å². The number of carbonyl (C=O) groups excluding carboxylic acids is 1. The van der Waals surface area contributed by atoms with E-state index < -0.39 is 5.97 Å². The van der Waals surface area contributed by atoms with Crippen molar-refractivity contribution in [2.24, 2.45) is 0 Å². The van der Waals surface area contributed by atoms with Crippen molar-refractivity contribution in [3.63, 3.8) is 0 Å². The Morgan fingerprint density at radius 1 is 1.31 bits per heavy atom. The largest absolute Gasteiger partial charge is 0.464 e. The van der Waals surface area contributed by atoms with Crippen LogP contribution in [0.5, 0.6) is 0 Å². The molecule has 0 fully saturated rings.